The van der Waals surface area contributed by atoms with Crippen molar-refractivity contribution in [3.63, 3.8) is 0 Å². The molecule has 4 aromatic rings. The second-order valence-electron chi connectivity index (χ2n) is 7.72. The number of hydrogen-bond acceptors (Lipinski definition) is 6. The number of rotatable bonds is 5. The normalized spacial score (nSPS) is 13.0. The number of nitriles is 1. The van der Waals surface area contributed by atoms with Crippen LogP contribution < -0.4 is 10.3 Å². The van der Waals surface area contributed by atoms with E-state index in [9.17, 15) is 4.79 Å². The number of ether oxygens (including phenoxy) is 1. The quantitative estimate of drug-likeness (QED) is 0.291. The van der Waals surface area contributed by atoms with E-state index < -0.39 is 0 Å². The molecule has 2 aromatic carbocycles. The largest absolute Gasteiger partial charge is 0.497 e. The number of thiophene rings is 1. The maximum absolute atomic E-state index is 13.8. The number of fused-ring (bicyclic) bond motifs is 3. The van der Waals surface area contributed by atoms with Crippen LogP contribution in [-0.4, -0.2) is 16.7 Å². The molecule has 32 heavy (non-hydrogen) atoms. The molecular weight excluding hydrogens is 438 g/mol. The second kappa shape index (κ2) is 8.81. The van der Waals surface area contributed by atoms with Gasteiger partial charge in [-0.15, -0.1) is 11.3 Å². The number of aryl methyl sites for hydroxylation is 2. The molecule has 2 heterocycles. The Morgan fingerprint density at radius 3 is 2.78 bits per heavy atom. The van der Waals surface area contributed by atoms with Crippen molar-refractivity contribution < 1.29 is 4.74 Å². The summed E-state index contributed by atoms with van der Waals surface area (Å²) in [6.07, 6.45) is 4.27. The van der Waals surface area contributed by atoms with Gasteiger partial charge >= 0.3 is 0 Å². The highest BCUT2D eigenvalue weighted by Crippen LogP contribution is 2.36. The van der Waals surface area contributed by atoms with E-state index in [-0.39, 0.29) is 5.56 Å². The highest BCUT2D eigenvalue weighted by molar-refractivity contribution is 7.98. The van der Waals surface area contributed by atoms with E-state index in [0.29, 0.717) is 22.2 Å². The summed E-state index contributed by atoms with van der Waals surface area (Å²) >= 11 is 3.20. The van der Waals surface area contributed by atoms with Crippen LogP contribution in [-0.2, 0) is 18.6 Å². The summed E-state index contributed by atoms with van der Waals surface area (Å²) in [6.45, 7) is 0. The fourth-order valence-corrected chi connectivity index (χ4v) is 6.35. The zero-order valence-electron chi connectivity index (χ0n) is 17.6. The molecule has 2 aromatic heterocycles. The summed E-state index contributed by atoms with van der Waals surface area (Å²) in [4.78, 5) is 20.9. The lowest BCUT2D eigenvalue weighted by Gasteiger charge is -2.14. The zero-order valence-corrected chi connectivity index (χ0v) is 19.3. The Morgan fingerprint density at radius 1 is 1.19 bits per heavy atom. The third-order valence-electron chi connectivity index (χ3n) is 5.72. The monoisotopic (exact) mass is 459 g/mol. The molecule has 0 saturated heterocycles. The summed E-state index contributed by atoms with van der Waals surface area (Å²) in [5.41, 5.74) is 3.64. The van der Waals surface area contributed by atoms with Crippen LogP contribution in [0.4, 0.5) is 0 Å². The number of thioether (sulfide) groups is 1. The topological polar surface area (TPSA) is 67.9 Å². The minimum atomic E-state index is -0.00928. The molecule has 0 radical (unpaired) electrons. The van der Waals surface area contributed by atoms with Crippen LogP contribution in [0.1, 0.15) is 34.4 Å². The maximum Gasteiger partial charge on any atom is 0.267 e. The van der Waals surface area contributed by atoms with Gasteiger partial charge in [0, 0.05) is 16.7 Å². The molecule has 1 aliphatic carbocycles. The average molecular weight is 460 g/mol. The van der Waals surface area contributed by atoms with Crippen LogP contribution in [0.25, 0.3) is 15.9 Å². The molecule has 0 N–H and O–H groups in total. The van der Waals surface area contributed by atoms with Crippen molar-refractivity contribution in [2.45, 2.75) is 36.6 Å². The van der Waals surface area contributed by atoms with Gasteiger partial charge in [-0.25, -0.2) is 4.98 Å². The number of methoxy groups -OCH3 is 1. The highest BCUT2D eigenvalue weighted by Gasteiger charge is 2.23. The molecule has 0 amide bonds. The molecule has 1 aliphatic rings. The van der Waals surface area contributed by atoms with Crippen molar-refractivity contribution in [1.82, 2.24) is 9.55 Å². The maximum atomic E-state index is 13.8. The molecule has 160 valence electrons. The summed E-state index contributed by atoms with van der Waals surface area (Å²) < 4.78 is 7.13. The average Bonchev–Trinajstić information content (AvgIpc) is 3.21. The van der Waals surface area contributed by atoms with Gasteiger partial charge in [0.2, 0.25) is 0 Å². The lowest BCUT2D eigenvalue weighted by Crippen LogP contribution is -2.22. The van der Waals surface area contributed by atoms with Crippen LogP contribution in [0.2, 0.25) is 0 Å². The first kappa shape index (κ1) is 20.8. The van der Waals surface area contributed by atoms with Gasteiger partial charge in [0.05, 0.1) is 29.8 Å². The van der Waals surface area contributed by atoms with Crippen molar-refractivity contribution in [2.24, 2.45) is 0 Å². The Kier molecular flexibility index (Phi) is 5.73. The smallest absolute Gasteiger partial charge is 0.267 e. The van der Waals surface area contributed by atoms with E-state index >= 15 is 0 Å². The van der Waals surface area contributed by atoms with Crippen molar-refractivity contribution in [3.8, 4) is 17.5 Å². The first-order valence-electron chi connectivity index (χ1n) is 10.5. The second-order valence-corrected chi connectivity index (χ2v) is 9.75. The molecule has 7 heteroatoms. The molecule has 5 nitrogen and oxygen atoms in total. The van der Waals surface area contributed by atoms with Gasteiger partial charge in [0.25, 0.3) is 5.56 Å². The predicted molar refractivity (Wildman–Crippen MR) is 129 cm³/mol. The van der Waals surface area contributed by atoms with Crippen LogP contribution >= 0.6 is 23.1 Å². The van der Waals surface area contributed by atoms with E-state index in [4.69, 9.17) is 15.0 Å². The lowest BCUT2D eigenvalue weighted by molar-refractivity contribution is 0.414. The van der Waals surface area contributed by atoms with Crippen LogP contribution in [0.5, 0.6) is 5.75 Å². The van der Waals surface area contributed by atoms with Gasteiger partial charge in [-0.1, -0.05) is 30.0 Å². The van der Waals surface area contributed by atoms with Crippen molar-refractivity contribution in [2.75, 3.05) is 7.11 Å². The fraction of sp³-hybridized carbons (Fsp3) is 0.240. The highest BCUT2D eigenvalue weighted by atomic mass is 32.2. The van der Waals surface area contributed by atoms with E-state index in [1.54, 1.807) is 23.0 Å². The van der Waals surface area contributed by atoms with E-state index in [1.165, 1.54) is 28.6 Å². The third kappa shape index (κ3) is 3.81. The van der Waals surface area contributed by atoms with Gasteiger partial charge in [-0.2, -0.15) is 5.26 Å². The van der Waals surface area contributed by atoms with Gasteiger partial charge in [0.1, 0.15) is 10.6 Å². The standard InChI is InChI=1S/C25H21N3O2S2/c1-30-19-6-4-5-18(13-19)28-24(29)22-20-7-2-3-8-21(20)32-23(22)27-25(28)31-15-17-11-9-16(14-26)10-12-17/h4-6,9-13H,2-3,7-8,15H2,1H3. The summed E-state index contributed by atoms with van der Waals surface area (Å²) in [5, 5.41) is 10.5. The fourth-order valence-electron chi connectivity index (χ4n) is 4.08. The summed E-state index contributed by atoms with van der Waals surface area (Å²) in [7, 11) is 1.62. The number of nitrogens with zero attached hydrogens (tertiary/aromatic N) is 3. The Bertz CT molecular complexity index is 1400. The van der Waals surface area contributed by atoms with E-state index in [1.807, 2.05) is 48.5 Å². The number of hydrogen-bond donors (Lipinski definition) is 0. The molecule has 0 bridgehead atoms. The van der Waals surface area contributed by atoms with E-state index in [2.05, 4.69) is 6.07 Å². The summed E-state index contributed by atoms with van der Waals surface area (Å²) in [5.74, 6) is 1.35. The lowest BCUT2D eigenvalue weighted by atomic mass is 9.97. The SMILES string of the molecule is COc1cccc(-n2c(SCc3ccc(C#N)cc3)nc3sc4c(c3c2=O)CCCC4)c1. The van der Waals surface area contributed by atoms with Gasteiger partial charge in [0.15, 0.2) is 5.16 Å². The Balaban J connectivity index is 1.64. The Labute approximate surface area is 194 Å². The van der Waals surface area contributed by atoms with Crippen LogP contribution in [0, 0.1) is 11.3 Å². The minimum Gasteiger partial charge on any atom is -0.497 e. The molecule has 0 atom stereocenters. The van der Waals surface area contributed by atoms with Crippen LogP contribution in [0.15, 0.2) is 58.5 Å². The predicted octanol–water partition coefficient (Wildman–Crippen LogP) is 5.50. The van der Waals surface area contributed by atoms with E-state index in [0.717, 1.165) is 40.7 Å². The van der Waals surface area contributed by atoms with Gasteiger partial charge in [-0.05, 0) is 61.1 Å². The third-order valence-corrected chi connectivity index (χ3v) is 7.92. The van der Waals surface area contributed by atoms with Crippen molar-refractivity contribution in [1.29, 1.82) is 5.26 Å². The number of benzene rings is 2. The Morgan fingerprint density at radius 2 is 2.00 bits per heavy atom. The van der Waals surface area contributed by atoms with Crippen LogP contribution in [0.3, 0.4) is 0 Å². The molecule has 0 aliphatic heterocycles. The molecule has 0 spiro atoms. The van der Waals surface area contributed by atoms with Gasteiger partial charge < -0.3 is 4.74 Å². The van der Waals surface area contributed by atoms with Crippen molar-refractivity contribution in [3.05, 3.63) is 80.5 Å². The summed E-state index contributed by atoms with van der Waals surface area (Å²) in [6, 6.07) is 17.2. The van der Waals surface area contributed by atoms with Gasteiger partial charge in [-0.3, -0.25) is 9.36 Å². The molecular formula is C25H21N3O2S2. The first-order valence-corrected chi connectivity index (χ1v) is 12.3. The minimum absolute atomic E-state index is 0.00928. The molecule has 0 saturated carbocycles. The van der Waals surface area contributed by atoms with Crippen molar-refractivity contribution >= 4 is 33.3 Å². The first-order chi connectivity index (χ1) is 15.7. The Hall–Kier alpha value is -3.08. The zero-order chi connectivity index (χ0) is 22.1. The number of aromatic nitrogens is 2. The molecule has 0 unspecified atom stereocenters. The molecule has 5 rings (SSSR count). The molecule has 0 fully saturated rings.